The van der Waals surface area contributed by atoms with Gasteiger partial charge in [0.15, 0.2) is 5.76 Å². The van der Waals surface area contributed by atoms with Crippen LogP contribution in [-0.4, -0.2) is 22.6 Å². The second kappa shape index (κ2) is 4.85. The first kappa shape index (κ1) is 11.9. The van der Waals surface area contributed by atoms with Gasteiger partial charge in [-0.2, -0.15) is 0 Å². The van der Waals surface area contributed by atoms with E-state index in [0.717, 1.165) is 24.9 Å². The molecule has 3 rings (SSSR count). The predicted molar refractivity (Wildman–Crippen MR) is 65.7 cm³/mol. The molecular weight excluding hydrogens is 248 g/mol. The fourth-order valence-electron chi connectivity index (χ4n) is 2.08. The number of hydrogen-bond acceptors (Lipinski definition) is 6. The maximum atomic E-state index is 11.9. The molecule has 7 nitrogen and oxygen atoms in total. The minimum atomic E-state index is -0.392. The van der Waals surface area contributed by atoms with E-state index in [9.17, 15) is 4.79 Å². The second-order valence-electron chi connectivity index (χ2n) is 4.48. The van der Waals surface area contributed by atoms with Crippen molar-refractivity contribution in [2.45, 2.75) is 25.8 Å². The van der Waals surface area contributed by atoms with E-state index in [-0.39, 0.29) is 17.8 Å². The highest BCUT2D eigenvalue weighted by molar-refractivity contribution is 6.01. The Labute approximate surface area is 109 Å². The summed E-state index contributed by atoms with van der Waals surface area (Å²) in [6, 6.07) is 1.89. The lowest BCUT2D eigenvalue weighted by atomic mass is 10.2. The normalized spacial score (nSPS) is 18.7. The van der Waals surface area contributed by atoms with Crippen LogP contribution in [0.5, 0.6) is 0 Å². The third-order valence-electron chi connectivity index (χ3n) is 3.09. The van der Waals surface area contributed by atoms with Crippen molar-refractivity contribution in [3.8, 4) is 0 Å². The van der Waals surface area contributed by atoms with Crippen molar-refractivity contribution in [3.05, 3.63) is 29.5 Å². The number of hydrogen-bond donors (Lipinski definition) is 2. The predicted octanol–water partition coefficient (Wildman–Crippen LogP) is 1.65. The Hall–Kier alpha value is -2.15. The molecule has 0 saturated carbocycles. The Kier molecular flexibility index (Phi) is 3.04. The molecule has 2 N–H and O–H groups in total. The van der Waals surface area contributed by atoms with Gasteiger partial charge in [-0.15, -0.1) is 5.10 Å². The van der Waals surface area contributed by atoms with Gasteiger partial charge in [0.05, 0.1) is 12.3 Å². The average Bonchev–Trinajstić information content (AvgIpc) is 3.07. The number of furan rings is 1. The van der Waals surface area contributed by atoms with Crippen LogP contribution >= 0.6 is 0 Å². The summed E-state index contributed by atoms with van der Waals surface area (Å²) in [7, 11) is 0. The van der Waals surface area contributed by atoms with Crippen LogP contribution in [0.4, 0.5) is 6.01 Å². The van der Waals surface area contributed by atoms with Crippen LogP contribution in [0, 0.1) is 6.92 Å². The highest BCUT2D eigenvalue weighted by Crippen LogP contribution is 2.23. The number of nitrogens with zero attached hydrogens (tertiary/aromatic N) is 2. The fourth-order valence-corrected chi connectivity index (χ4v) is 2.08. The van der Waals surface area contributed by atoms with E-state index in [4.69, 9.17) is 8.83 Å². The van der Waals surface area contributed by atoms with Crippen molar-refractivity contribution in [2.75, 3.05) is 11.9 Å². The van der Waals surface area contributed by atoms with Crippen LogP contribution in [0.2, 0.25) is 0 Å². The Morgan fingerprint density at radius 3 is 3.11 bits per heavy atom. The first-order valence-corrected chi connectivity index (χ1v) is 6.16. The lowest BCUT2D eigenvalue weighted by molar-refractivity contribution is 0.0992. The number of nitrogens with one attached hydrogen (secondary N) is 2. The molecule has 2 aromatic rings. The van der Waals surface area contributed by atoms with E-state index in [1.54, 1.807) is 13.0 Å². The molecule has 1 aliphatic heterocycles. The number of aromatic nitrogens is 2. The zero-order valence-electron chi connectivity index (χ0n) is 10.5. The number of anilines is 1. The van der Waals surface area contributed by atoms with Crippen molar-refractivity contribution in [1.29, 1.82) is 0 Å². The number of carbonyl (C=O) groups excluding carboxylic acids is 1. The minimum Gasteiger partial charge on any atom is -0.459 e. The van der Waals surface area contributed by atoms with Crippen molar-refractivity contribution < 1.29 is 13.6 Å². The second-order valence-corrected chi connectivity index (χ2v) is 4.48. The highest BCUT2D eigenvalue weighted by atomic mass is 16.4. The van der Waals surface area contributed by atoms with Gasteiger partial charge in [0.2, 0.25) is 5.89 Å². The quantitative estimate of drug-likeness (QED) is 0.873. The molecule has 1 fully saturated rings. The molecular formula is C12H14N4O3. The highest BCUT2D eigenvalue weighted by Gasteiger charge is 2.23. The van der Waals surface area contributed by atoms with Gasteiger partial charge in [0.25, 0.3) is 5.91 Å². The molecule has 3 heterocycles. The molecule has 0 spiro atoms. The van der Waals surface area contributed by atoms with E-state index in [1.807, 2.05) is 0 Å². The van der Waals surface area contributed by atoms with Gasteiger partial charge in [0, 0.05) is 5.56 Å². The SMILES string of the molecule is Cc1ccoc1C(=O)Nc1nnc(C2CCCN2)o1. The summed E-state index contributed by atoms with van der Waals surface area (Å²) in [5, 5.41) is 13.5. The Bertz CT molecular complexity index is 583. The van der Waals surface area contributed by atoms with Crippen molar-refractivity contribution >= 4 is 11.9 Å². The number of amides is 1. The molecule has 1 atom stereocenters. The topological polar surface area (TPSA) is 93.2 Å². The first-order chi connectivity index (χ1) is 9.24. The molecule has 0 aromatic carbocycles. The lowest BCUT2D eigenvalue weighted by Crippen LogP contribution is -2.13. The van der Waals surface area contributed by atoms with Crippen LogP contribution in [0.3, 0.4) is 0 Å². The van der Waals surface area contributed by atoms with Crippen LogP contribution < -0.4 is 10.6 Å². The number of aryl methyl sites for hydroxylation is 1. The van der Waals surface area contributed by atoms with Crippen molar-refractivity contribution in [2.24, 2.45) is 0 Å². The van der Waals surface area contributed by atoms with Gasteiger partial charge in [-0.3, -0.25) is 10.1 Å². The summed E-state index contributed by atoms with van der Waals surface area (Å²) in [4.78, 5) is 11.9. The van der Waals surface area contributed by atoms with Crippen molar-refractivity contribution in [1.82, 2.24) is 15.5 Å². The van der Waals surface area contributed by atoms with E-state index in [0.29, 0.717) is 5.89 Å². The van der Waals surface area contributed by atoms with E-state index >= 15 is 0 Å². The van der Waals surface area contributed by atoms with Crippen LogP contribution in [0.1, 0.15) is 40.9 Å². The molecule has 1 saturated heterocycles. The van der Waals surface area contributed by atoms with E-state index in [2.05, 4.69) is 20.8 Å². The molecule has 7 heteroatoms. The number of carbonyl (C=O) groups is 1. The Morgan fingerprint density at radius 1 is 1.53 bits per heavy atom. The van der Waals surface area contributed by atoms with Gasteiger partial charge in [-0.05, 0) is 32.4 Å². The summed E-state index contributed by atoms with van der Waals surface area (Å²) in [5.41, 5.74) is 0.759. The van der Waals surface area contributed by atoms with Crippen LogP contribution in [0.15, 0.2) is 21.2 Å². The van der Waals surface area contributed by atoms with Crippen molar-refractivity contribution in [3.63, 3.8) is 0 Å². The summed E-state index contributed by atoms with van der Waals surface area (Å²) in [6.45, 7) is 2.74. The van der Waals surface area contributed by atoms with Gasteiger partial charge in [-0.1, -0.05) is 5.10 Å². The molecule has 1 aliphatic rings. The maximum absolute atomic E-state index is 11.9. The third kappa shape index (κ3) is 2.37. The first-order valence-electron chi connectivity index (χ1n) is 6.16. The Morgan fingerprint density at radius 2 is 2.42 bits per heavy atom. The summed E-state index contributed by atoms with van der Waals surface area (Å²) >= 11 is 0. The van der Waals surface area contributed by atoms with Crippen LogP contribution in [0.25, 0.3) is 0 Å². The van der Waals surface area contributed by atoms with E-state index < -0.39 is 5.91 Å². The maximum Gasteiger partial charge on any atom is 0.322 e. The molecule has 1 unspecified atom stereocenters. The molecule has 0 aliphatic carbocycles. The third-order valence-corrected chi connectivity index (χ3v) is 3.09. The zero-order valence-corrected chi connectivity index (χ0v) is 10.5. The summed E-state index contributed by atoms with van der Waals surface area (Å²) in [5.74, 6) is 0.361. The lowest BCUT2D eigenvalue weighted by Gasteiger charge is -2.02. The molecule has 0 bridgehead atoms. The molecule has 19 heavy (non-hydrogen) atoms. The van der Waals surface area contributed by atoms with Gasteiger partial charge >= 0.3 is 6.01 Å². The molecule has 100 valence electrons. The van der Waals surface area contributed by atoms with Crippen LogP contribution in [-0.2, 0) is 0 Å². The molecule has 0 radical (unpaired) electrons. The van der Waals surface area contributed by atoms with Gasteiger partial charge < -0.3 is 14.2 Å². The Balaban J connectivity index is 1.70. The smallest absolute Gasteiger partial charge is 0.322 e. The summed E-state index contributed by atoms with van der Waals surface area (Å²) in [6.07, 6.45) is 3.51. The van der Waals surface area contributed by atoms with Gasteiger partial charge in [0.1, 0.15) is 0 Å². The van der Waals surface area contributed by atoms with E-state index in [1.165, 1.54) is 6.26 Å². The average molecular weight is 262 g/mol. The van der Waals surface area contributed by atoms with Gasteiger partial charge in [-0.25, -0.2) is 0 Å². The monoisotopic (exact) mass is 262 g/mol. The molecule has 1 amide bonds. The zero-order chi connectivity index (χ0) is 13.2. The minimum absolute atomic E-state index is 0.0866. The largest absolute Gasteiger partial charge is 0.459 e. The fraction of sp³-hybridized carbons (Fsp3) is 0.417. The standard InChI is InChI=1S/C12H14N4O3/c1-7-4-6-18-9(7)10(17)14-12-16-15-11(19-12)8-3-2-5-13-8/h4,6,8,13H,2-3,5H2,1H3,(H,14,16,17). The number of rotatable bonds is 3. The summed E-state index contributed by atoms with van der Waals surface area (Å²) < 4.78 is 10.5. The molecule has 2 aromatic heterocycles.